The first-order chi connectivity index (χ1) is 8.74. The van der Waals surface area contributed by atoms with Gasteiger partial charge in [0.2, 0.25) is 5.91 Å². The highest BCUT2D eigenvalue weighted by Gasteiger charge is 2.03. The molecule has 1 amide bonds. The van der Waals surface area contributed by atoms with E-state index in [1.165, 1.54) is 19.3 Å². The molecule has 100 valence electrons. The predicted molar refractivity (Wildman–Crippen MR) is 79.8 cm³/mol. The van der Waals surface area contributed by atoms with Gasteiger partial charge in [0.05, 0.1) is 12.2 Å². The van der Waals surface area contributed by atoms with Crippen LogP contribution in [0.2, 0.25) is 0 Å². The molecular weight excluding hydrogens is 292 g/mol. The fourth-order valence-corrected chi connectivity index (χ4v) is 2.02. The molecule has 1 aromatic carbocycles. The molecule has 0 saturated heterocycles. The summed E-state index contributed by atoms with van der Waals surface area (Å²) in [5.41, 5.74) is 0.815. The second-order valence-electron chi connectivity index (χ2n) is 4.27. The lowest BCUT2D eigenvalue weighted by molar-refractivity contribution is -0.115. The second kappa shape index (κ2) is 9.11. The number of amides is 1. The number of rotatable bonds is 8. The van der Waals surface area contributed by atoms with Crippen LogP contribution in [-0.4, -0.2) is 19.0 Å². The smallest absolute Gasteiger partial charge is 0.238 e. The Bertz CT molecular complexity index is 369. The van der Waals surface area contributed by atoms with Crippen LogP contribution >= 0.6 is 15.9 Å². The van der Waals surface area contributed by atoms with Crippen LogP contribution in [0.3, 0.4) is 0 Å². The Morgan fingerprint density at radius 2 is 2.00 bits per heavy atom. The summed E-state index contributed by atoms with van der Waals surface area (Å²) < 4.78 is 0.904. The summed E-state index contributed by atoms with van der Waals surface area (Å²) in [5.74, 6) is -0.00242. The number of anilines is 1. The third-order valence-corrected chi connectivity index (χ3v) is 3.33. The summed E-state index contributed by atoms with van der Waals surface area (Å²) in [6.07, 6.45) is 4.87. The molecule has 1 aromatic rings. The molecular formula is C14H21BrN2O. The number of carbonyl (C=O) groups is 1. The maximum absolute atomic E-state index is 11.7. The summed E-state index contributed by atoms with van der Waals surface area (Å²) in [4.78, 5) is 11.7. The zero-order valence-electron chi connectivity index (χ0n) is 10.8. The van der Waals surface area contributed by atoms with Crippen molar-refractivity contribution in [3.8, 4) is 0 Å². The average molecular weight is 313 g/mol. The lowest BCUT2D eigenvalue weighted by atomic mass is 10.2. The first-order valence-corrected chi connectivity index (χ1v) is 7.28. The number of hydrogen-bond acceptors (Lipinski definition) is 2. The highest BCUT2D eigenvalue weighted by atomic mass is 79.9. The van der Waals surface area contributed by atoms with Crippen molar-refractivity contribution >= 4 is 27.5 Å². The highest BCUT2D eigenvalue weighted by molar-refractivity contribution is 9.10. The van der Waals surface area contributed by atoms with Gasteiger partial charge in [-0.3, -0.25) is 4.79 Å². The third kappa shape index (κ3) is 6.17. The van der Waals surface area contributed by atoms with E-state index in [4.69, 9.17) is 0 Å². The molecule has 4 heteroatoms. The Hall–Kier alpha value is -0.870. The van der Waals surface area contributed by atoms with Gasteiger partial charge >= 0.3 is 0 Å². The molecule has 1 rings (SSSR count). The van der Waals surface area contributed by atoms with E-state index in [1.807, 2.05) is 24.3 Å². The SMILES string of the molecule is CCCCCCNCC(=O)Nc1ccccc1Br. The van der Waals surface area contributed by atoms with Crippen LogP contribution in [0.25, 0.3) is 0 Å². The number of nitrogens with one attached hydrogen (secondary N) is 2. The summed E-state index contributed by atoms with van der Waals surface area (Å²) in [7, 11) is 0. The van der Waals surface area contributed by atoms with Crippen LogP contribution in [0.4, 0.5) is 5.69 Å². The normalized spacial score (nSPS) is 10.3. The van der Waals surface area contributed by atoms with Gasteiger partial charge in [0.1, 0.15) is 0 Å². The molecule has 18 heavy (non-hydrogen) atoms. The van der Waals surface area contributed by atoms with E-state index in [0.717, 1.165) is 23.1 Å². The Morgan fingerprint density at radius 1 is 1.22 bits per heavy atom. The molecule has 0 radical (unpaired) electrons. The number of unbranched alkanes of at least 4 members (excludes halogenated alkanes) is 3. The van der Waals surface area contributed by atoms with Gasteiger partial charge < -0.3 is 10.6 Å². The van der Waals surface area contributed by atoms with Crippen molar-refractivity contribution in [3.63, 3.8) is 0 Å². The number of benzene rings is 1. The quantitative estimate of drug-likeness (QED) is 0.721. The topological polar surface area (TPSA) is 41.1 Å². The first-order valence-electron chi connectivity index (χ1n) is 6.49. The van der Waals surface area contributed by atoms with Gasteiger partial charge in [-0.05, 0) is 41.0 Å². The molecule has 0 unspecified atom stereocenters. The van der Waals surface area contributed by atoms with Crippen molar-refractivity contribution in [3.05, 3.63) is 28.7 Å². The van der Waals surface area contributed by atoms with Gasteiger partial charge in [-0.15, -0.1) is 0 Å². The van der Waals surface area contributed by atoms with Crippen molar-refractivity contribution in [1.82, 2.24) is 5.32 Å². The Balaban J connectivity index is 2.16. The molecule has 0 aromatic heterocycles. The van der Waals surface area contributed by atoms with E-state index in [1.54, 1.807) is 0 Å². The van der Waals surface area contributed by atoms with E-state index in [0.29, 0.717) is 6.54 Å². The number of halogens is 1. The predicted octanol–water partition coefficient (Wildman–Crippen LogP) is 3.56. The maximum Gasteiger partial charge on any atom is 0.238 e. The van der Waals surface area contributed by atoms with Crippen molar-refractivity contribution < 1.29 is 4.79 Å². The molecule has 0 bridgehead atoms. The standard InChI is InChI=1S/C14H21BrN2O/c1-2-3-4-7-10-16-11-14(18)17-13-9-6-5-8-12(13)15/h5-6,8-9,16H,2-4,7,10-11H2,1H3,(H,17,18). The van der Waals surface area contributed by atoms with E-state index >= 15 is 0 Å². The first kappa shape index (κ1) is 15.2. The molecule has 0 spiro atoms. The molecule has 0 atom stereocenters. The largest absolute Gasteiger partial charge is 0.324 e. The van der Waals surface area contributed by atoms with Crippen LogP contribution < -0.4 is 10.6 Å². The van der Waals surface area contributed by atoms with Crippen LogP contribution in [0, 0.1) is 0 Å². The summed E-state index contributed by atoms with van der Waals surface area (Å²) >= 11 is 3.40. The minimum Gasteiger partial charge on any atom is -0.324 e. The fraction of sp³-hybridized carbons (Fsp3) is 0.500. The Kier molecular flexibility index (Phi) is 7.69. The van der Waals surface area contributed by atoms with Crippen LogP contribution in [0.5, 0.6) is 0 Å². The second-order valence-corrected chi connectivity index (χ2v) is 5.12. The van der Waals surface area contributed by atoms with Crippen molar-refractivity contribution in [1.29, 1.82) is 0 Å². The van der Waals surface area contributed by atoms with Gasteiger partial charge in [-0.2, -0.15) is 0 Å². The molecule has 2 N–H and O–H groups in total. The zero-order chi connectivity index (χ0) is 13.2. The molecule has 0 heterocycles. The zero-order valence-corrected chi connectivity index (χ0v) is 12.4. The molecule has 0 aliphatic heterocycles. The van der Waals surface area contributed by atoms with Crippen LogP contribution in [-0.2, 0) is 4.79 Å². The van der Waals surface area contributed by atoms with Gasteiger partial charge in [0.25, 0.3) is 0 Å². The molecule has 0 fully saturated rings. The summed E-state index contributed by atoms with van der Waals surface area (Å²) in [5, 5.41) is 6.02. The van der Waals surface area contributed by atoms with Crippen molar-refractivity contribution in [2.45, 2.75) is 32.6 Å². The van der Waals surface area contributed by atoms with Crippen molar-refractivity contribution in [2.24, 2.45) is 0 Å². The highest BCUT2D eigenvalue weighted by Crippen LogP contribution is 2.20. The molecule has 3 nitrogen and oxygen atoms in total. The number of hydrogen-bond donors (Lipinski definition) is 2. The Morgan fingerprint density at radius 3 is 2.72 bits per heavy atom. The van der Waals surface area contributed by atoms with Crippen LogP contribution in [0.1, 0.15) is 32.6 Å². The minimum absolute atomic E-state index is 0.00242. The lowest BCUT2D eigenvalue weighted by Gasteiger charge is -2.08. The van der Waals surface area contributed by atoms with Gasteiger partial charge in [0.15, 0.2) is 0 Å². The summed E-state index contributed by atoms with van der Waals surface area (Å²) in [6.45, 7) is 3.47. The fourth-order valence-electron chi connectivity index (χ4n) is 1.64. The monoisotopic (exact) mass is 312 g/mol. The molecule has 0 aliphatic carbocycles. The molecule has 0 saturated carbocycles. The van der Waals surface area contributed by atoms with Crippen molar-refractivity contribution in [2.75, 3.05) is 18.4 Å². The summed E-state index contributed by atoms with van der Waals surface area (Å²) in [6, 6.07) is 7.61. The number of carbonyl (C=O) groups excluding carboxylic acids is 1. The van der Waals surface area contributed by atoms with Crippen LogP contribution in [0.15, 0.2) is 28.7 Å². The average Bonchev–Trinajstić information content (AvgIpc) is 2.36. The van der Waals surface area contributed by atoms with E-state index in [9.17, 15) is 4.79 Å². The van der Waals surface area contributed by atoms with Gasteiger partial charge in [-0.1, -0.05) is 38.3 Å². The van der Waals surface area contributed by atoms with E-state index < -0.39 is 0 Å². The molecule has 0 aliphatic rings. The lowest BCUT2D eigenvalue weighted by Crippen LogP contribution is -2.28. The third-order valence-electron chi connectivity index (χ3n) is 2.64. The van der Waals surface area contributed by atoms with Gasteiger partial charge in [-0.25, -0.2) is 0 Å². The van der Waals surface area contributed by atoms with E-state index in [-0.39, 0.29) is 5.91 Å². The minimum atomic E-state index is -0.00242. The van der Waals surface area contributed by atoms with Gasteiger partial charge in [0, 0.05) is 4.47 Å². The van der Waals surface area contributed by atoms with E-state index in [2.05, 4.69) is 33.5 Å². The number of para-hydroxylation sites is 1. The maximum atomic E-state index is 11.7. The Labute approximate surface area is 117 Å².